The molecule has 8 nitrogen and oxygen atoms in total. The maximum Gasteiger partial charge on any atom is 0.336 e. The van der Waals surface area contributed by atoms with Crippen LogP contribution >= 0.6 is 0 Å². The number of carbonyl (C=O) groups excluding carboxylic acids is 3. The molecule has 0 aliphatic carbocycles. The number of rotatable bonds is 11. The van der Waals surface area contributed by atoms with Crippen molar-refractivity contribution < 1.29 is 23.5 Å². The van der Waals surface area contributed by atoms with E-state index >= 15 is 0 Å². The van der Waals surface area contributed by atoms with E-state index in [0.29, 0.717) is 48.3 Å². The quantitative estimate of drug-likeness (QED) is 0.333. The molecule has 1 aromatic heterocycles. The zero-order valence-corrected chi connectivity index (χ0v) is 23.1. The minimum Gasteiger partial charge on any atom is -0.463 e. The van der Waals surface area contributed by atoms with E-state index in [1.807, 2.05) is 13.0 Å². The Morgan fingerprint density at radius 1 is 0.976 bits per heavy atom. The number of carbonyl (C=O) groups is 3. The van der Waals surface area contributed by atoms with Gasteiger partial charge in [0.2, 0.25) is 5.91 Å². The average Bonchev–Trinajstić information content (AvgIpc) is 2.99. The zero-order chi connectivity index (χ0) is 29.4. The van der Waals surface area contributed by atoms with Crippen LogP contribution in [0.15, 0.2) is 89.3 Å². The van der Waals surface area contributed by atoms with Gasteiger partial charge in [-0.25, -0.2) is 9.18 Å². The predicted molar refractivity (Wildman–Crippen MR) is 153 cm³/mol. The number of aliphatic imine (C=N–C) groups is 1. The summed E-state index contributed by atoms with van der Waals surface area (Å²) >= 11 is 0. The highest BCUT2D eigenvalue weighted by Crippen LogP contribution is 2.41. The number of nitrogens with zero attached hydrogens (tertiary/aromatic N) is 2. The van der Waals surface area contributed by atoms with Gasteiger partial charge in [-0.1, -0.05) is 37.3 Å². The average molecular weight is 557 g/mol. The maximum atomic E-state index is 13.4. The van der Waals surface area contributed by atoms with Gasteiger partial charge in [0, 0.05) is 36.1 Å². The van der Waals surface area contributed by atoms with Gasteiger partial charge in [-0.2, -0.15) is 0 Å². The highest BCUT2D eigenvalue weighted by atomic mass is 19.1. The van der Waals surface area contributed by atoms with Crippen molar-refractivity contribution in [3.8, 4) is 0 Å². The summed E-state index contributed by atoms with van der Waals surface area (Å²) in [6.45, 7) is 4.06. The molecule has 0 saturated heterocycles. The van der Waals surface area contributed by atoms with E-state index in [9.17, 15) is 18.8 Å². The van der Waals surface area contributed by atoms with Gasteiger partial charge in [0.05, 0.1) is 23.8 Å². The summed E-state index contributed by atoms with van der Waals surface area (Å²) in [7, 11) is 0. The van der Waals surface area contributed by atoms with Gasteiger partial charge in [-0.3, -0.25) is 19.6 Å². The van der Waals surface area contributed by atoms with Crippen LogP contribution in [0.4, 0.5) is 4.39 Å². The topological polar surface area (TPSA) is 124 Å². The van der Waals surface area contributed by atoms with E-state index < -0.39 is 23.7 Å². The number of nitrogens with two attached hydrogens (primary N) is 1. The van der Waals surface area contributed by atoms with Crippen LogP contribution in [0.2, 0.25) is 0 Å². The van der Waals surface area contributed by atoms with Crippen LogP contribution in [-0.2, 0) is 27.3 Å². The highest BCUT2D eigenvalue weighted by Gasteiger charge is 2.42. The van der Waals surface area contributed by atoms with Crippen molar-refractivity contribution in [2.75, 3.05) is 6.61 Å². The van der Waals surface area contributed by atoms with Gasteiger partial charge in [-0.05, 0) is 73.2 Å². The van der Waals surface area contributed by atoms with Crippen LogP contribution < -0.4 is 11.1 Å². The Morgan fingerprint density at radius 3 is 2.32 bits per heavy atom. The Hall–Kier alpha value is -4.66. The summed E-state index contributed by atoms with van der Waals surface area (Å²) < 4.78 is 18.9. The predicted octanol–water partition coefficient (Wildman–Crippen LogP) is 4.65. The molecule has 1 aliphatic rings. The van der Waals surface area contributed by atoms with Crippen molar-refractivity contribution in [2.45, 2.75) is 45.6 Å². The van der Waals surface area contributed by atoms with Crippen molar-refractivity contribution in [1.82, 2.24) is 10.3 Å². The first-order valence-corrected chi connectivity index (χ1v) is 13.6. The number of benzene rings is 2. The second kappa shape index (κ2) is 13.6. The minimum absolute atomic E-state index is 0.141. The lowest BCUT2D eigenvalue weighted by Crippen LogP contribution is -2.40. The molecule has 2 amide bonds. The van der Waals surface area contributed by atoms with Gasteiger partial charge in [0.15, 0.2) is 0 Å². The Balaban J connectivity index is 1.68. The molecule has 212 valence electrons. The van der Waals surface area contributed by atoms with E-state index in [2.05, 4.69) is 10.3 Å². The van der Waals surface area contributed by atoms with Gasteiger partial charge >= 0.3 is 5.97 Å². The summed E-state index contributed by atoms with van der Waals surface area (Å²) in [5.74, 6) is -3.38. The summed E-state index contributed by atoms with van der Waals surface area (Å²) in [5, 5.41) is 2.86. The Labute approximate surface area is 238 Å². The van der Waals surface area contributed by atoms with Crippen LogP contribution in [0.25, 0.3) is 0 Å². The lowest BCUT2D eigenvalue weighted by molar-refractivity contribution is -0.139. The van der Waals surface area contributed by atoms with E-state index in [0.717, 1.165) is 11.1 Å². The lowest BCUT2D eigenvalue weighted by Gasteiger charge is -2.33. The first-order chi connectivity index (χ1) is 19.8. The van der Waals surface area contributed by atoms with Crippen LogP contribution in [-0.4, -0.2) is 35.1 Å². The molecule has 4 rings (SSSR count). The molecule has 2 heterocycles. The number of halogens is 1. The third-order valence-corrected chi connectivity index (χ3v) is 7.03. The number of hydrogen-bond donors (Lipinski definition) is 2. The SMILES string of the molecule is CCOC(=O)C1=C(CCc2ccc(F)cc2)N=C(CC)C(C(N)=O)C1c1ccc(C(=O)NCc2cccnc2)cc1. The highest BCUT2D eigenvalue weighted by molar-refractivity contribution is 6.09. The van der Waals surface area contributed by atoms with Crippen LogP contribution in [0.5, 0.6) is 0 Å². The summed E-state index contributed by atoms with van der Waals surface area (Å²) in [6.07, 6.45) is 4.68. The van der Waals surface area contributed by atoms with Gasteiger partial charge in [0.1, 0.15) is 5.82 Å². The standard InChI is InChI=1S/C32H33FN4O4/c1-3-25-28(30(34)38)27(22-10-12-23(13-11-22)31(39)36-19-21-6-5-17-35-18-21)29(32(40)41-4-2)26(37-25)16-9-20-7-14-24(33)15-8-20/h5-8,10-15,17-18,27-28H,3-4,9,16,19H2,1-2H3,(H2,34,38)(H,36,39). The van der Waals surface area contributed by atoms with Crippen LogP contribution in [0.3, 0.4) is 0 Å². The molecule has 41 heavy (non-hydrogen) atoms. The Kier molecular flexibility index (Phi) is 9.73. The number of aryl methyl sites for hydroxylation is 1. The number of esters is 1. The zero-order valence-electron chi connectivity index (χ0n) is 23.1. The largest absolute Gasteiger partial charge is 0.463 e. The molecule has 2 unspecified atom stereocenters. The summed E-state index contributed by atoms with van der Waals surface area (Å²) in [5.41, 5.74) is 10.1. The molecule has 0 saturated carbocycles. The second-order valence-corrected chi connectivity index (χ2v) is 9.69. The number of aromatic nitrogens is 1. The van der Waals surface area contributed by atoms with Crippen molar-refractivity contribution in [2.24, 2.45) is 16.6 Å². The number of pyridine rings is 1. The second-order valence-electron chi connectivity index (χ2n) is 9.69. The number of hydrogen-bond acceptors (Lipinski definition) is 6. The van der Waals surface area contributed by atoms with Gasteiger partial charge in [-0.15, -0.1) is 0 Å². The Bertz CT molecular complexity index is 1450. The lowest BCUT2D eigenvalue weighted by atomic mass is 9.73. The minimum atomic E-state index is -0.862. The first kappa shape index (κ1) is 29.3. The molecule has 0 bridgehead atoms. The molecule has 0 fully saturated rings. The van der Waals surface area contributed by atoms with Crippen molar-refractivity contribution >= 4 is 23.5 Å². The number of primary amides is 1. The summed E-state index contributed by atoms with van der Waals surface area (Å²) in [4.78, 5) is 47.8. The smallest absolute Gasteiger partial charge is 0.336 e. The number of nitrogens with one attached hydrogen (secondary N) is 1. The van der Waals surface area contributed by atoms with E-state index in [1.165, 1.54) is 12.1 Å². The number of allylic oxidation sites excluding steroid dienone is 1. The van der Waals surface area contributed by atoms with Crippen LogP contribution in [0, 0.1) is 11.7 Å². The van der Waals surface area contributed by atoms with Gasteiger partial charge in [0.25, 0.3) is 5.91 Å². The number of ether oxygens (including phenoxy) is 1. The summed E-state index contributed by atoms with van der Waals surface area (Å²) in [6, 6.07) is 16.6. The van der Waals surface area contributed by atoms with E-state index in [4.69, 9.17) is 15.5 Å². The molecular weight excluding hydrogens is 523 g/mol. The van der Waals surface area contributed by atoms with Gasteiger partial charge < -0.3 is 15.8 Å². The molecule has 1 aliphatic heterocycles. The first-order valence-electron chi connectivity index (χ1n) is 13.6. The molecule has 3 aromatic rings. The molecular formula is C32H33FN4O4. The molecule has 2 aromatic carbocycles. The fraction of sp³-hybridized carbons (Fsp3) is 0.281. The van der Waals surface area contributed by atoms with Crippen molar-refractivity contribution in [3.05, 3.63) is 112 Å². The third kappa shape index (κ3) is 7.11. The maximum absolute atomic E-state index is 13.4. The molecule has 3 N–H and O–H groups in total. The molecule has 0 spiro atoms. The molecule has 2 atom stereocenters. The fourth-order valence-corrected chi connectivity index (χ4v) is 5.02. The fourth-order valence-electron chi connectivity index (χ4n) is 5.02. The van der Waals surface area contributed by atoms with Crippen molar-refractivity contribution in [3.63, 3.8) is 0 Å². The normalized spacial score (nSPS) is 16.6. The number of amides is 2. The van der Waals surface area contributed by atoms with E-state index in [1.54, 1.807) is 61.8 Å². The Morgan fingerprint density at radius 2 is 1.71 bits per heavy atom. The monoisotopic (exact) mass is 556 g/mol. The van der Waals surface area contributed by atoms with Crippen LogP contribution in [0.1, 0.15) is 59.7 Å². The third-order valence-electron chi connectivity index (χ3n) is 7.03. The molecule has 9 heteroatoms. The van der Waals surface area contributed by atoms with E-state index in [-0.39, 0.29) is 23.9 Å². The van der Waals surface area contributed by atoms with Crippen molar-refractivity contribution in [1.29, 1.82) is 0 Å². The molecule has 0 radical (unpaired) electrons.